The van der Waals surface area contributed by atoms with Gasteiger partial charge in [0.2, 0.25) is 11.8 Å². The normalized spacial score (nSPS) is 14.1. The van der Waals surface area contributed by atoms with Crippen LogP contribution < -0.4 is 5.32 Å². The fourth-order valence-electron chi connectivity index (χ4n) is 1.23. The van der Waals surface area contributed by atoms with Crippen molar-refractivity contribution in [2.75, 3.05) is 25.1 Å². The zero-order valence-corrected chi connectivity index (χ0v) is 11.2. The fraction of sp³-hybridized carbons (Fsp3) is 0.727. The average molecular weight is 274 g/mol. The Kier molecular flexibility index (Phi) is 5.97. The minimum absolute atomic E-state index is 0.0455. The summed E-state index contributed by atoms with van der Waals surface area (Å²) in [7, 11) is 1.58. The van der Waals surface area contributed by atoms with E-state index < -0.39 is 5.97 Å². The second-order valence-corrected chi connectivity index (χ2v) is 5.39. The van der Waals surface area contributed by atoms with Gasteiger partial charge < -0.3 is 15.3 Å². The highest BCUT2D eigenvalue weighted by molar-refractivity contribution is 7.99. The second-order valence-electron chi connectivity index (χ2n) is 4.29. The van der Waals surface area contributed by atoms with Gasteiger partial charge in [0, 0.05) is 18.8 Å². The molecule has 6 nitrogen and oxygen atoms in total. The van der Waals surface area contributed by atoms with Crippen LogP contribution in [0.15, 0.2) is 0 Å². The van der Waals surface area contributed by atoms with Crippen molar-refractivity contribution in [1.82, 2.24) is 10.2 Å². The van der Waals surface area contributed by atoms with Crippen LogP contribution in [0.25, 0.3) is 0 Å². The first kappa shape index (κ1) is 14.8. The molecule has 0 bridgehead atoms. The zero-order chi connectivity index (χ0) is 13.5. The third kappa shape index (κ3) is 6.48. The molecule has 1 saturated carbocycles. The first-order chi connectivity index (χ1) is 8.49. The van der Waals surface area contributed by atoms with E-state index in [9.17, 15) is 14.4 Å². The summed E-state index contributed by atoms with van der Waals surface area (Å²) in [5.74, 6) is -0.545. The summed E-state index contributed by atoms with van der Waals surface area (Å²) < 4.78 is 0. The van der Waals surface area contributed by atoms with E-state index in [1.54, 1.807) is 7.05 Å². The van der Waals surface area contributed by atoms with Crippen molar-refractivity contribution in [3.8, 4) is 0 Å². The molecule has 0 heterocycles. The predicted octanol–water partition coefficient (Wildman–Crippen LogP) is -0.0687. The molecule has 0 radical (unpaired) electrons. The number of amides is 2. The highest BCUT2D eigenvalue weighted by atomic mass is 32.2. The summed E-state index contributed by atoms with van der Waals surface area (Å²) in [6, 6.07) is 0.297. The van der Waals surface area contributed by atoms with Gasteiger partial charge in [0.1, 0.15) is 0 Å². The van der Waals surface area contributed by atoms with Crippen molar-refractivity contribution >= 4 is 29.5 Å². The predicted molar refractivity (Wildman–Crippen MR) is 68.4 cm³/mol. The number of hydrogen-bond donors (Lipinski definition) is 2. The first-order valence-corrected chi connectivity index (χ1v) is 6.97. The van der Waals surface area contributed by atoms with Gasteiger partial charge in [0.05, 0.1) is 18.7 Å². The van der Waals surface area contributed by atoms with E-state index in [0.29, 0.717) is 11.8 Å². The van der Waals surface area contributed by atoms with Crippen molar-refractivity contribution in [1.29, 1.82) is 0 Å². The molecule has 0 aliphatic heterocycles. The van der Waals surface area contributed by atoms with E-state index in [1.165, 1.54) is 16.7 Å². The minimum atomic E-state index is -0.868. The summed E-state index contributed by atoms with van der Waals surface area (Å²) in [5.41, 5.74) is 0. The van der Waals surface area contributed by atoms with Gasteiger partial charge in [0.15, 0.2) is 0 Å². The van der Waals surface area contributed by atoms with Gasteiger partial charge in [-0.15, -0.1) is 0 Å². The molecule has 0 spiro atoms. The van der Waals surface area contributed by atoms with Crippen LogP contribution in [0, 0.1) is 0 Å². The molecule has 1 rings (SSSR count). The number of thioether (sulfide) groups is 1. The monoisotopic (exact) mass is 274 g/mol. The Morgan fingerprint density at radius 1 is 1.39 bits per heavy atom. The Hall–Kier alpha value is -1.24. The van der Waals surface area contributed by atoms with Crippen LogP contribution >= 0.6 is 11.8 Å². The lowest BCUT2D eigenvalue weighted by molar-refractivity contribution is -0.136. The number of carbonyl (C=O) groups excluding carboxylic acids is 2. The molecule has 0 aromatic carbocycles. The highest BCUT2D eigenvalue weighted by Crippen LogP contribution is 2.18. The van der Waals surface area contributed by atoms with Crippen LogP contribution in [0.4, 0.5) is 0 Å². The molecule has 7 heteroatoms. The summed E-state index contributed by atoms with van der Waals surface area (Å²) >= 11 is 1.27. The van der Waals surface area contributed by atoms with Gasteiger partial charge in [0.25, 0.3) is 0 Å². The minimum Gasteiger partial charge on any atom is -0.481 e. The Labute approximate surface area is 110 Å². The summed E-state index contributed by atoms with van der Waals surface area (Å²) in [6.45, 7) is 0.0643. The van der Waals surface area contributed by atoms with Gasteiger partial charge in [-0.2, -0.15) is 11.8 Å². The number of carbonyl (C=O) groups is 3. The lowest BCUT2D eigenvalue weighted by Gasteiger charge is -2.16. The van der Waals surface area contributed by atoms with Crippen molar-refractivity contribution in [2.45, 2.75) is 25.3 Å². The largest absolute Gasteiger partial charge is 0.481 e. The number of likely N-dealkylation sites (N-methyl/N-ethyl adjacent to an activating group) is 1. The lowest BCUT2D eigenvalue weighted by Crippen LogP contribution is -2.39. The smallest absolute Gasteiger partial charge is 0.304 e. The molecule has 2 N–H and O–H groups in total. The van der Waals surface area contributed by atoms with Gasteiger partial charge in [-0.25, -0.2) is 0 Å². The van der Waals surface area contributed by atoms with Crippen molar-refractivity contribution < 1.29 is 19.5 Å². The van der Waals surface area contributed by atoms with Crippen LogP contribution in [0.3, 0.4) is 0 Å². The lowest BCUT2D eigenvalue weighted by atomic mass is 10.4. The average Bonchev–Trinajstić information content (AvgIpc) is 3.07. The van der Waals surface area contributed by atoms with Crippen LogP contribution in [0.2, 0.25) is 0 Å². The molecule has 18 heavy (non-hydrogen) atoms. The number of aliphatic carboxylic acids is 1. The first-order valence-electron chi connectivity index (χ1n) is 5.82. The Morgan fingerprint density at radius 3 is 2.61 bits per heavy atom. The Bertz CT molecular complexity index is 331. The molecular formula is C11H18N2O4S. The topological polar surface area (TPSA) is 86.7 Å². The quantitative estimate of drug-likeness (QED) is 0.605. The van der Waals surface area contributed by atoms with Crippen LogP contribution in [0.5, 0.6) is 0 Å². The van der Waals surface area contributed by atoms with Gasteiger partial charge in [-0.1, -0.05) is 0 Å². The molecule has 0 unspecified atom stereocenters. The van der Waals surface area contributed by atoms with Crippen LogP contribution in [0.1, 0.15) is 19.3 Å². The number of carboxylic acids is 1. The van der Waals surface area contributed by atoms with E-state index >= 15 is 0 Å². The highest BCUT2D eigenvalue weighted by Gasteiger charge is 2.24. The molecule has 0 aromatic heterocycles. The molecule has 2 amide bonds. The maximum absolute atomic E-state index is 11.6. The maximum atomic E-state index is 11.6. The van der Waals surface area contributed by atoms with Crippen LogP contribution in [-0.2, 0) is 14.4 Å². The van der Waals surface area contributed by atoms with Gasteiger partial charge in [-0.3, -0.25) is 14.4 Å². The molecule has 0 atom stereocenters. The summed E-state index contributed by atoms with van der Waals surface area (Å²) in [6.07, 6.45) is 2.09. The second kappa shape index (κ2) is 7.25. The number of hydrogen-bond acceptors (Lipinski definition) is 4. The molecule has 0 saturated heterocycles. The van der Waals surface area contributed by atoms with E-state index in [0.717, 1.165) is 12.8 Å². The van der Waals surface area contributed by atoms with E-state index in [1.807, 2.05) is 0 Å². The number of nitrogens with one attached hydrogen (secondary N) is 1. The van der Waals surface area contributed by atoms with Gasteiger partial charge >= 0.3 is 5.97 Å². The van der Waals surface area contributed by atoms with E-state index in [-0.39, 0.29) is 30.5 Å². The van der Waals surface area contributed by atoms with E-state index in [2.05, 4.69) is 5.32 Å². The fourth-order valence-corrected chi connectivity index (χ4v) is 2.09. The van der Waals surface area contributed by atoms with E-state index in [4.69, 9.17) is 5.11 Å². The SMILES string of the molecule is CN(CC(=O)NC1CC1)C(=O)CSCCC(=O)O. The summed E-state index contributed by atoms with van der Waals surface area (Å²) in [5, 5.41) is 11.2. The number of rotatable bonds is 8. The summed E-state index contributed by atoms with van der Waals surface area (Å²) in [4.78, 5) is 34.7. The Morgan fingerprint density at radius 2 is 2.06 bits per heavy atom. The van der Waals surface area contributed by atoms with Crippen molar-refractivity contribution in [2.24, 2.45) is 0 Å². The zero-order valence-electron chi connectivity index (χ0n) is 10.3. The molecule has 1 aliphatic rings. The third-order valence-electron chi connectivity index (χ3n) is 2.43. The van der Waals surface area contributed by atoms with Gasteiger partial charge in [-0.05, 0) is 12.8 Å². The molecule has 102 valence electrons. The maximum Gasteiger partial charge on any atom is 0.304 e. The molecular weight excluding hydrogens is 256 g/mol. The third-order valence-corrected chi connectivity index (χ3v) is 3.38. The van der Waals surface area contributed by atoms with Crippen molar-refractivity contribution in [3.05, 3.63) is 0 Å². The molecule has 1 fully saturated rings. The number of nitrogens with zero attached hydrogens (tertiary/aromatic N) is 1. The van der Waals surface area contributed by atoms with Crippen molar-refractivity contribution in [3.63, 3.8) is 0 Å². The number of carboxylic acid groups (broad SMARTS) is 1. The molecule has 1 aliphatic carbocycles. The standard InChI is InChI=1S/C11H18N2O4S/c1-13(6-9(14)12-8-2-3-8)10(15)7-18-5-4-11(16)17/h8H,2-7H2,1H3,(H,12,14)(H,16,17). The van der Waals surface area contributed by atoms with Crippen LogP contribution in [-0.4, -0.2) is 58.9 Å². The Balaban J connectivity index is 2.11. The molecule has 0 aromatic rings.